The molecular weight excluding hydrogens is 506 g/mol. The van der Waals surface area contributed by atoms with Crippen LogP contribution in [-0.4, -0.2) is 21.7 Å². The van der Waals surface area contributed by atoms with Gasteiger partial charge in [0, 0.05) is 38.6 Å². The molecule has 4 aliphatic rings. The molecule has 1 fully saturated rings. The summed E-state index contributed by atoms with van der Waals surface area (Å²) < 4.78 is 0.180. The zero-order chi connectivity index (χ0) is 23.9. The van der Waals surface area contributed by atoms with E-state index in [1.54, 1.807) is 48.5 Å². The van der Waals surface area contributed by atoms with Crippen molar-refractivity contribution in [2.24, 2.45) is 11.8 Å². The summed E-state index contributed by atoms with van der Waals surface area (Å²) in [6.07, 6.45) is 0. The van der Waals surface area contributed by atoms with Crippen molar-refractivity contribution in [3.63, 3.8) is 0 Å². The number of non-ortho nitro benzene ring substituents is 1. The lowest BCUT2D eigenvalue weighted by molar-refractivity contribution is -0.578. The molecule has 1 aliphatic heterocycles. The van der Waals surface area contributed by atoms with Gasteiger partial charge in [-0.25, -0.2) is 4.90 Å². The van der Waals surface area contributed by atoms with Crippen LogP contribution in [-0.2, 0) is 15.1 Å². The molecule has 3 aliphatic carbocycles. The predicted molar refractivity (Wildman–Crippen MR) is 123 cm³/mol. The Labute approximate surface area is 200 Å². The third kappa shape index (κ3) is 2.28. The van der Waals surface area contributed by atoms with Gasteiger partial charge in [-0.1, -0.05) is 48.5 Å². The summed E-state index contributed by atoms with van der Waals surface area (Å²) in [6, 6.07) is 17.6. The van der Waals surface area contributed by atoms with Gasteiger partial charge in [-0.2, -0.15) is 0 Å². The summed E-state index contributed by atoms with van der Waals surface area (Å²) in [5, 5.41) is 24.1. The van der Waals surface area contributed by atoms with E-state index in [1.807, 2.05) is 0 Å². The van der Waals surface area contributed by atoms with Crippen molar-refractivity contribution in [3.8, 4) is 0 Å². The molecule has 168 valence electrons. The lowest BCUT2D eigenvalue weighted by Crippen LogP contribution is -2.57. The molecule has 9 nitrogen and oxygen atoms in total. The predicted octanol–water partition coefficient (Wildman–Crippen LogP) is 4.14. The number of nitrogens with zero attached hydrogens (tertiary/aromatic N) is 3. The molecule has 0 N–H and O–H groups in total. The van der Waals surface area contributed by atoms with Crippen LogP contribution in [0.5, 0.6) is 0 Å². The Morgan fingerprint density at radius 2 is 1.44 bits per heavy atom. The first-order valence-corrected chi connectivity index (χ1v) is 11.2. The van der Waals surface area contributed by atoms with Gasteiger partial charge in [0.15, 0.2) is 0 Å². The number of imide groups is 1. The summed E-state index contributed by atoms with van der Waals surface area (Å²) in [5.74, 6) is -3.96. The number of amides is 2. The highest BCUT2D eigenvalue weighted by atomic mass is 79.9. The molecule has 10 heteroatoms. The topological polar surface area (TPSA) is 124 Å². The fourth-order valence-corrected chi connectivity index (χ4v) is 6.61. The molecule has 0 spiro atoms. The highest BCUT2D eigenvalue weighted by Crippen LogP contribution is 2.64. The molecule has 2 amide bonds. The first-order valence-electron chi connectivity index (χ1n) is 10.4. The number of rotatable bonds is 3. The average molecular weight is 520 g/mol. The maximum atomic E-state index is 13.9. The molecule has 2 bridgehead atoms. The summed E-state index contributed by atoms with van der Waals surface area (Å²) >= 11 is 3.24. The maximum Gasteiger partial charge on any atom is 0.285 e. The molecule has 0 saturated carbocycles. The van der Waals surface area contributed by atoms with Crippen molar-refractivity contribution >= 4 is 39.1 Å². The van der Waals surface area contributed by atoms with E-state index in [0.29, 0.717) is 22.3 Å². The van der Waals surface area contributed by atoms with Gasteiger partial charge < -0.3 is 0 Å². The summed E-state index contributed by atoms with van der Waals surface area (Å²) in [4.78, 5) is 51.7. The molecule has 1 heterocycles. The zero-order valence-corrected chi connectivity index (χ0v) is 18.8. The van der Waals surface area contributed by atoms with Gasteiger partial charge in [-0.05, 0) is 33.1 Å². The molecule has 0 unspecified atom stereocenters. The van der Waals surface area contributed by atoms with Crippen molar-refractivity contribution in [1.82, 2.24) is 0 Å². The fourth-order valence-electron chi connectivity index (χ4n) is 6.07. The van der Waals surface area contributed by atoms with Crippen LogP contribution in [0.25, 0.3) is 0 Å². The smallest absolute Gasteiger partial charge is 0.274 e. The van der Waals surface area contributed by atoms with Crippen LogP contribution in [0.3, 0.4) is 0 Å². The van der Waals surface area contributed by atoms with E-state index >= 15 is 0 Å². The van der Waals surface area contributed by atoms with Crippen molar-refractivity contribution in [2.45, 2.75) is 11.5 Å². The van der Waals surface area contributed by atoms with Crippen LogP contribution in [0.2, 0.25) is 0 Å². The van der Waals surface area contributed by atoms with Gasteiger partial charge in [0.2, 0.25) is 11.8 Å². The van der Waals surface area contributed by atoms with Gasteiger partial charge in [0.05, 0.1) is 16.5 Å². The van der Waals surface area contributed by atoms with Crippen molar-refractivity contribution in [2.75, 3.05) is 4.90 Å². The first kappa shape index (κ1) is 20.7. The number of benzene rings is 3. The zero-order valence-electron chi connectivity index (χ0n) is 17.3. The van der Waals surface area contributed by atoms with Gasteiger partial charge in [-0.3, -0.25) is 29.8 Å². The summed E-state index contributed by atoms with van der Waals surface area (Å²) in [5.41, 5.74) is 0.192. The van der Waals surface area contributed by atoms with Crippen molar-refractivity contribution in [3.05, 3.63) is 114 Å². The Balaban J connectivity index is 1.62. The SMILES string of the molecule is O=C1[C@@H]2[C@@H](C(=O)N1c1ccc([N+](=O)[O-])cc1Br)C1c3ccccc3C2([N+](=O)[O-])c2ccccc21. The number of carbonyl (C=O) groups excluding carboxylic acids is 2. The van der Waals surface area contributed by atoms with Gasteiger partial charge in [-0.15, -0.1) is 0 Å². The van der Waals surface area contributed by atoms with Gasteiger partial charge >= 0.3 is 0 Å². The molecule has 0 radical (unpaired) electrons. The molecule has 0 aromatic heterocycles. The summed E-state index contributed by atoms with van der Waals surface area (Å²) in [6.45, 7) is 0. The van der Waals surface area contributed by atoms with E-state index in [1.165, 1.54) is 18.2 Å². The lowest BCUT2D eigenvalue weighted by atomic mass is 9.51. The number of nitro benzene ring substituents is 1. The number of anilines is 1. The normalized spacial score (nSPS) is 26.1. The molecule has 2 atom stereocenters. The number of carbonyl (C=O) groups is 2. The second-order valence-corrected chi connectivity index (χ2v) is 9.44. The Morgan fingerprint density at radius 3 is 1.97 bits per heavy atom. The highest BCUT2D eigenvalue weighted by molar-refractivity contribution is 9.10. The fraction of sp³-hybridized carbons (Fsp3) is 0.167. The van der Waals surface area contributed by atoms with E-state index in [9.17, 15) is 29.8 Å². The molecule has 1 saturated heterocycles. The Kier molecular flexibility index (Phi) is 4.13. The van der Waals surface area contributed by atoms with E-state index in [0.717, 1.165) is 4.90 Å². The number of hydrogen-bond donors (Lipinski definition) is 0. The van der Waals surface area contributed by atoms with Crippen LogP contribution < -0.4 is 4.90 Å². The maximum absolute atomic E-state index is 13.9. The second-order valence-electron chi connectivity index (χ2n) is 8.58. The molecule has 7 rings (SSSR count). The Hall–Kier alpha value is -3.92. The molecule has 34 heavy (non-hydrogen) atoms. The van der Waals surface area contributed by atoms with Crippen LogP contribution in [0.1, 0.15) is 28.2 Å². The van der Waals surface area contributed by atoms with E-state index in [4.69, 9.17) is 0 Å². The highest BCUT2D eigenvalue weighted by Gasteiger charge is 2.74. The largest absolute Gasteiger partial charge is 0.285 e. The Morgan fingerprint density at radius 1 is 0.853 bits per heavy atom. The molecule has 3 aromatic rings. The number of nitro groups is 2. The van der Waals surface area contributed by atoms with E-state index in [2.05, 4.69) is 15.9 Å². The van der Waals surface area contributed by atoms with Gasteiger partial charge in [0.25, 0.3) is 11.2 Å². The molecule has 3 aromatic carbocycles. The minimum Gasteiger partial charge on any atom is -0.274 e. The van der Waals surface area contributed by atoms with Crippen LogP contribution >= 0.6 is 15.9 Å². The van der Waals surface area contributed by atoms with E-state index < -0.39 is 45.0 Å². The quantitative estimate of drug-likeness (QED) is 0.291. The Bertz CT molecular complexity index is 1420. The third-order valence-electron chi connectivity index (χ3n) is 7.24. The van der Waals surface area contributed by atoms with Crippen LogP contribution in [0, 0.1) is 32.1 Å². The van der Waals surface area contributed by atoms with Crippen molar-refractivity contribution in [1.29, 1.82) is 0 Å². The molecular formula is C24H14BrN3O6. The van der Waals surface area contributed by atoms with E-state index in [-0.39, 0.29) is 15.8 Å². The first-order chi connectivity index (χ1) is 16.3. The minimum atomic E-state index is -1.92. The van der Waals surface area contributed by atoms with Crippen molar-refractivity contribution < 1.29 is 19.4 Å². The summed E-state index contributed by atoms with van der Waals surface area (Å²) in [7, 11) is 0. The van der Waals surface area contributed by atoms with Gasteiger partial charge in [0.1, 0.15) is 5.92 Å². The van der Waals surface area contributed by atoms with Crippen LogP contribution in [0.4, 0.5) is 11.4 Å². The average Bonchev–Trinajstić information content (AvgIpc) is 3.09. The number of halogens is 1. The van der Waals surface area contributed by atoms with Crippen LogP contribution in [0.15, 0.2) is 71.2 Å². The third-order valence-corrected chi connectivity index (χ3v) is 7.88. The second kappa shape index (κ2) is 6.80. The number of hydrogen-bond acceptors (Lipinski definition) is 6. The lowest BCUT2D eigenvalue weighted by Gasteiger charge is -2.48. The standard InChI is InChI=1S/C24H14BrN3O6/c25-17-11-12(27(31)32)9-10-18(17)26-22(29)20-19-13-5-1-3-7-15(13)24(28(33)34,21(20)23(26)30)16-8-4-2-6-14(16)19/h1-11,19-21H/t19?,20-,21-,24?/m0/s1. The monoisotopic (exact) mass is 519 g/mol. The minimum absolute atomic E-state index is 0.126.